The van der Waals surface area contributed by atoms with Crippen LogP contribution in [0, 0.1) is 5.82 Å². The number of benzene rings is 2. The topological polar surface area (TPSA) is 108 Å². The monoisotopic (exact) mass is 535 g/mol. The summed E-state index contributed by atoms with van der Waals surface area (Å²) >= 11 is 0. The lowest BCUT2D eigenvalue weighted by molar-refractivity contribution is -0.137. The molecule has 0 saturated heterocycles. The predicted octanol–water partition coefficient (Wildman–Crippen LogP) is 5.74. The van der Waals surface area contributed by atoms with E-state index < -0.39 is 23.9 Å². The van der Waals surface area contributed by atoms with Crippen molar-refractivity contribution in [2.24, 2.45) is 0 Å². The Hall–Kier alpha value is -4.21. The van der Waals surface area contributed by atoms with Crippen molar-refractivity contribution < 1.29 is 23.8 Å². The van der Waals surface area contributed by atoms with Gasteiger partial charge in [-0.15, -0.1) is 0 Å². The average molecular weight is 536 g/mol. The second-order valence-electron chi connectivity index (χ2n) is 9.94. The van der Waals surface area contributed by atoms with E-state index in [1.54, 1.807) is 62.8 Å². The van der Waals surface area contributed by atoms with E-state index in [0.717, 1.165) is 25.7 Å². The summed E-state index contributed by atoms with van der Waals surface area (Å²) in [5.41, 5.74) is 1.38. The van der Waals surface area contributed by atoms with Gasteiger partial charge in [0.2, 0.25) is 5.95 Å². The summed E-state index contributed by atoms with van der Waals surface area (Å²) in [4.78, 5) is 36.4. The Labute approximate surface area is 227 Å². The molecule has 0 unspecified atom stereocenters. The van der Waals surface area contributed by atoms with Crippen molar-refractivity contribution in [1.29, 1.82) is 0 Å². The van der Waals surface area contributed by atoms with E-state index in [1.165, 1.54) is 17.4 Å². The van der Waals surface area contributed by atoms with Crippen LogP contribution in [0.2, 0.25) is 0 Å². The van der Waals surface area contributed by atoms with E-state index in [4.69, 9.17) is 9.72 Å². The summed E-state index contributed by atoms with van der Waals surface area (Å²) in [7, 11) is 5.12. The molecule has 10 heteroatoms. The molecule has 1 atom stereocenters. The van der Waals surface area contributed by atoms with Crippen molar-refractivity contribution in [3.63, 3.8) is 0 Å². The summed E-state index contributed by atoms with van der Waals surface area (Å²) in [6.07, 6.45) is 6.41. The van der Waals surface area contributed by atoms with Crippen molar-refractivity contribution in [3.8, 4) is 16.9 Å². The Kier molecular flexibility index (Phi) is 8.96. The number of ether oxygens (including phenoxy) is 1. The van der Waals surface area contributed by atoms with Crippen LogP contribution in [0.15, 0.2) is 54.7 Å². The van der Waals surface area contributed by atoms with Gasteiger partial charge in [0.1, 0.15) is 17.4 Å². The number of nitrogens with one attached hydrogen (secondary N) is 1. The van der Waals surface area contributed by atoms with Crippen LogP contribution in [0.4, 0.5) is 21.0 Å². The van der Waals surface area contributed by atoms with Gasteiger partial charge in [0.15, 0.2) is 0 Å². The van der Waals surface area contributed by atoms with Crippen LogP contribution in [-0.4, -0.2) is 59.2 Å². The van der Waals surface area contributed by atoms with E-state index in [1.807, 2.05) is 7.05 Å². The fourth-order valence-corrected chi connectivity index (χ4v) is 4.71. The van der Waals surface area contributed by atoms with Gasteiger partial charge in [0.05, 0.1) is 12.5 Å². The van der Waals surface area contributed by atoms with E-state index in [0.29, 0.717) is 40.2 Å². The third-order valence-electron chi connectivity index (χ3n) is 6.92. The van der Waals surface area contributed by atoms with Gasteiger partial charge >= 0.3 is 12.1 Å². The Bertz CT molecular complexity index is 1300. The second-order valence-corrected chi connectivity index (χ2v) is 9.94. The third-order valence-corrected chi connectivity index (χ3v) is 6.92. The average Bonchev–Trinajstić information content (AvgIpc) is 2.93. The fraction of sp³-hybridized carbons (Fsp3) is 0.379. The summed E-state index contributed by atoms with van der Waals surface area (Å²) in [5, 5.41) is 12.9. The number of hydrogen-bond acceptors (Lipinski definition) is 7. The van der Waals surface area contributed by atoms with Crippen molar-refractivity contribution in [2.45, 2.75) is 50.6 Å². The highest BCUT2D eigenvalue weighted by molar-refractivity contribution is 5.77. The van der Waals surface area contributed by atoms with Gasteiger partial charge in [-0.05, 0) is 36.6 Å². The van der Waals surface area contributed by atoms with Crippen LogP contribution < -0.4 is 15.0 Å². The molecule has 0 aliphatic heterocycles. The minimum atomic E-state index is -1.02. The number of carboxylic acid groups (broad SMARTS) is 1. The Morgan fingerprint density at radius 1 is 1.05 bits per heavy atom. The zero-order valence-corrected chi connectivity index (χ0v) is 22.4. The highest BCUT2D eigenvalue weighted by atomic mass is 19.1. The molecule has 2 N–H and O–H groups in total. The van der Waals surface area contributed by atoms with Gasteiger partial charge in [-0.1, -0.05) is 49.6 Å². The number of rotatable bonds is 9. The van der Waals surface area contributed by atoms with Crippen LogP contribution in [0.1, 0.15) is 50.1 Å². The maximum absolute atomic E-state index is 14.8. The molecule has 9 nitrogen and oxygen atoms in total. The molecule has 0 bridgehead atoms. The van der Waals surface area contributed by atoms with Gasteiger partial charge in [-0.3, -0.25) is 4.79 Å². The first-order valence-electron chi connectivity index (χ1n) is 13.0. The van der Waals surface area contributed by atoms with E-state index in [-0.39, 0.29) is 6.42 Å². The molecule has 1 saturated carbocycles. The second kappa shape index (κ2) is 12.6. The number of aromatic nitrogens is 2. The first-order chi connectivity index (χ1) is 18.7. The smallest absolute Gasteiger partial charge is 0.414 e. The molecular formula is C29H34FN5O4. The Balaban J connectivity index is 1.69. The molecule has 1 amide bonds. The van der Waals surface area contributed by atoms with Gasteiger partial charge < -0.3 is 25.0 Å². The molecule has 1 heterocycles. The first-order valence-corrected chi connectivity index (χ1v) is 13.0. The zero-order chi connectivity index (χ0) is 27.9. The van der Waals surface area contributed by atoms with E-state index in [2.05, 4.69) is 15.2 Å². The van der Waals surface area contributed by atoms with E-state index in [9.17, 15) is 19.1 Å². The molecule has 0 spiro atoms. The summed E-state index contributed by atoms with van der Waals surface area (Å²) in [6, 6.07) is 12.5. The van der Waals surface area contributed by atoms with Crippen molar-refractivity contribution in [3.05, 3.63) is 66.1 Å². The van der Waals surface area contributed by atoms with Gasteiger partial charge in [-0.2, -0.15) is 4.98 Å². The van der Waals surface area contributed by atoms with Crippen molar-refractivity contribution in [2.75, 3.05) is 31.4 Å². The highest BCUT2D eigenvalue weighted by Crippen LogP contribution is 2.34. The minimum absolute atomic E-state index is 0.259. The van der Waals surface area contributed by atoms with Crippen LogP contribution >= 0.6 is 0 Å². The van der Waals surface area contributed by atoms with Gasteiger partial charge in [0, 0.05) is 44.5 Å². The molecule has 206 valence electrons. The molecule has 1 aromatic heterocycles. The number of amides is 1. The minimum Gasteiger partial charge on any atom is -0.481 e. The summed E-state index contributed by atoms with van der Waals surface area (Å²) in [6.45, 7) is 0. The number of carbonyl (C=O) groups excluding carboxylic acids is 1. The number of hydrogen-bond donors (Lipinski definition) is 2. The third kappa shape index (κ3) is 7.01. The number of carbonyl (C=O) groups is 2. The lowest BCUT2D eigenvalue weighted by Crippen LogP contribution is -2.34. The number of halogens is 1. The normalized spacial score (nSPS) is 14.4. The molecule has 3 aromatic rings. The van der Waals surface area contributed by atoms with Crippen LogP contribution in [-0.2, 0) is 4.79 Å². The number of anilines is 2. The molecule has 4 rings (SSSR count). The number of aliphatic carboxylic acids is 1. The summed E-state index contributed by atoms with van der Waals surface area (Å²) in [5.74, 6) is -0.292. The maximum Gasteiger partial charge on any atom is 0.414 e. The molecule has 1 fully saturated rings. The quantitative estimate of drug-likeness (QED) is 0.357. The largest absolute Gasteiger partial charge is 0.481 e. The number of nitrogens with zero attached hydrogens (tertiary/aromatic N) is 4. The Morgan fingerprint density at radius 3 is 2.38 bits per heavy atom. The van der Waals surface area contributed by atoms with Crippen molar-refractivity contribution >= 4 is 23.8 Å². The van der Waals surface area contributed by atoms with Crippen LogP contribution in [0.5, 0.6) is 5.75 Å². The number of carboxylic acids is 1. The zero-order valence-electron chi connectivity index (χ0n) is 22.4. The predicted molar refractivity (Wildman–Crippen MR) is 147 cm³/mol. The lowest BCUT2D eigenvalue weighted by atomic mass is 9.95. The fourth-order valence-electron chi connectivity index (χ4n) is 4.71. The van der Waals surface area contributed by atoms with Crippen LogP contribution in [0.3, 0.4) is 0 Å². The SMILES string of the molecule is CN(C)C(=O)Oc1ccc([C@H](CC(=O)O)Nc2nc(N(C)C3CCCCC3)ncc2-c2ccccc2F)cc1. The van der Waals surface area contributed by atoms with Gasteiger partial charge in [0.25, 0.3) is 0 Å². The standard InChI is InChI=1S/C29H34FN5O4/c1-34(2)29(38)39-21-15-13-19(14-16-21)25(17-26(36)37)32-27-23(22-11-7-8-12-24(22)30)18-31-28(33-27)35(3)20-9-5-4-6-10-20/h7-8,11-16,18,20,25H,4-6,9-10,17H2,1-3H3,(H,36,37)(H,31,32,33)/t25-/m0/s1. The molecule has 39 heavy (non-hydrogen) atoms. The maximum atomic E-state index is 14.8. The first kappa shape index (κ1) is 27.8. The van der Waals surface area contributed by atoms with Gasteiger partial charge in [-0.25, -0.2) is 14.2 Å². The molecule has 0 radical (unpaired) electrons. The highest BCUT2D eigenvalue weighted by Gasteiger charge is 2.24. The molecule has 1 aliphatic carbocycles. The molecular weight excluding hydrogens is 501 g/mol. The Morgan fingerprint density at radius 2 is 1.74 bits per heavy atom. The van der Waals surface area contributed by atoms with E-state index >= 15 is 0 Å². The van der Waals surface area contributed by atoms with Crippen molar-refractivity contribution in [1.82, 2.24) is 14.9 Å². The molecule has 2 aromatic carbocycles. The molecule has 1 aliphatic rings. The summed E-state index contributed by atoms with van der Waals surface area (Å²) < 4.78 is 20.1. The van der Waals surface area contributed by atoms with Crippen LogP contribution in [0.25, 0.3) is 11.1 Å². The lowest BCUT2D eigenvalue weighted by Gasteiger charge is -2.31.